The van der Waals surface area contributed by atoms with E-state index in [2.05, 4.69) is 48.5 Å². The summed E-state index contributed by atoms with van der Waals surface area (Å²) >= 11 is 6.14. The van der Waals surface area contributed by atoms with E-state index in [9.17, 15) is 29.4 Å². The summed E-state index contributed by atoms with van der Waals surface area (Å²) < 4.78 is 6.16. The molecule has 0 spiro atoms. The highest BCUT2D eigenvalue weighted by molar-refractivity contribution is 6.30. The van der Waals surface area contributed by atoms with E-state index in [1.807, 2.05) is 24.3 Å². The molecule has 5 aliphatic carbocycles. The van der Waals surface area contributed by atoms with Crippen molar-refractivity contribution in [3.63, 3.8) is 0 Å². The predicted molar refractivity (Wildman–Crippen MR) is 214 cm³/mol. The zero-order valence-corrected chi connectivity index (χ0v) is 35.8. The van der Waals surface area contributed by atoms with Crippen LogP contribution in [0.2, 0.25) is 5.02 Å². The third kappa shape index (κ3) is 6.71. The summed E-state index contributed by atoms with van der Waals surface area (Å²) in [6.07, 6.45) is 6.35. The molecule has 304 valence electrons. The topological polar surface area (TPSA) is 121 Å². The molecule has 4 fully saturated rings. The van der Waals surface area contributed by atoms with Crippen molar-refractivity contribution in [3.05, 3.63) is 46.0 Å². The number of halogens is 1. The molecule has 1 aromatic carbocycles. The van der Waals surface area contributed by atoms with Gasteiger partial charge in [0, 0.05) is 42.3 Å². The molecule has 1 amide bonds. The summed E-state index contributed by atoms with van der Waals surface area (Å²) in [6, 6.07) is 7.45. The first-order valence-corrected chi connectivity index (χ1v) is 21.2. The highest BCUT2D eigenvalue weighted by Gasteiger charge is 2.71. The number of carboxylic acid groups (broad SMARTS) is 1. The lowest BCUT2D eigenvalue weighted by molar-refractivity contribution is -0.235. The van der Waals surface area contributed by atoms with Crippen LogP contribution in [0, 0.1) is 56.2 Å². The zero-order valence-electron chi connectivity index (χ0n) is 35.0. The van der Waals surface area contributed by atoms with Crippen molar-refractivity contribution in [2.75, 3.05) is 6.54 Å². The number of carbonyl (C=O) groups excluding carboxylic acids is 3. The number of nitrogens with zero attached hydrogens (tertiary/aromatic N) is 1. The first-order valence-electron chi connectivity index (χ1n) is 20.8. The fourth-order valence-corrected chi connectivity index (χ4v) is 13.5. The van der Waals surface area contributed by atoms with Crippen LogP contribution >= 0.6 is 11.6 Å². The SMILES string of the molecule is CC(=O)N(Cc1ccc(Cl)cc1)C[C@H](O)[C@@]12CC[C@]3(C)[C@H](CC[C@@H]4C5(C)CC[C@H](OC(=O)CC(C)(C)C(=O)O)C(C)(C)[C@@H]5CC[C@]43C)C1=C(C(C)C)C(=O)C2. The number of rotatable bonds is 10. The lowest BCUT2D eigenvalue weighted by Crippen LogP contribution is -2.66. The van der Waals surface area contributed by atoms with E-state index in [1.165, 1.54) is 5.57 Å². The molecule has 4 saturated carbocycles. The van der Waals surface area contributed by atoms with Crippen LogP contribution in [0.5, 0.6) is 0 Å². The number of hydrogen-bond donors (Lipinski definition) is 2. The molecule has 9 atom stereocenters. The second kappa shape index (κ2) is 14.3. The van der Waals surface area contributed by atoms with Gasteiger partial charge in [0.05, 0.1) is 17.9 Å². The zero-order chi connectivity index (χ0) is 40.7. The highest BCUT2D eigenvalue weighted by atomic mass is 35.5. The largest absolute Gasteiger partial charge is 0.481 e. The number of ketones is 1. The minimum atomic E-state index is -1.18. The van der Waals surface area contributed by atoms with Gasteiger partial charge >= 0.3 is 11.9 Å². The smallest absolute Gasteiger partial charge is 0.309 e. The van der Waals surface area contributed by atoms with E-state index in [-0.39, 0.29) is 64.3 Å². The average molecular weight is 780 g/mol. The molecule has 8 nitrogen and oxygen atoms in total. The molecule has 9 heteroatoms. The normalized spacial score (nSPS) is 36.0. The predicted octanol–water partition coefficient (Wildman–Crippen LogP) is 9.44. The van der Waals surface area contributed by atoms with Crippen LogP contribution in [-0.2, 0) is 30.5 Å². The highest BCUT2D eigenvalue weighted by Crippen LogP contribution is 2.77. The number of allylic oxidation sites excluding steroid dienone is 1. The van der Waals surface area contributed by atoms with Crippen LogP contribution in [0.15, 0.2) is 35.4 Å². The third-order valence-corrected chi connectivity index (χ3v) is 16.9. The summed E-state index contributed by atoms with van der Waals surface area (Å²) in [6.45, 7) is 21.5. The number of esters is 1. The van der Waals surface area contributed by atoms with Crippen LogP contribution in [0.25, 0.3) is 0 Å². The van der Waals surface area contributed by atoms with Gasteiger partial charge < -0.3 is 19.8 Å². The second-order valence-electron chi connectivity index (χ2n) is 20.6. The van der Waals surface area contributed by atoms with Gasteiger partial charge in [-0.05, 0) is 128 Å². The lowest BCUT2D eigenvalue weighted by Gasteiger charge is -2.72. The number of ether oxygens (including phenoxy) is 1. The molecule has 0 bridgehead atoms. The summed E-state index contributed by atoms with van der Waals surface area (Å²) in [5.74, 6) is -0.431. The molecule has 6 rings (SSSR count). The van der Waals surface area contributed by atoms with Gasteiger partial charge in [0.15, 0.2) is 5.78 Å². The number of carboxylic acids is 1. The van der Waals surface area contributed by atoms with Gasteiger partial charge in [0.2, 0.25) is 5.91 Å². The van der Waals surface area contributed by atoms with Crippen molar-refractivity contribution < 1.29 is 34.1 Å². The number of benzene rings is 1. The number of aliphatic hydroxyl groups excluding tert-OH is 1. The molecule has 0 aliphatic heterocycles. The lowest BCUT2D eigenvalue weighted by atomic mass is 9.33. The van der Waals surface area contributed by atoms with Gasteiger partial charge in [0.1, 0.15) is 6.10 Å². The maximum Gasteiger partial charge on any atom is 0.309 e. The maximum absolute atomic E-state index is 14.2. The molecular formula is C46H66ClNO7. The monoisotopic (exact) mass is 779 g/mol. The Morgan fingerprint density at radius 3 is 2.18 bits per heavy atom. The van der Waals surface area contributed by atoms with Crippen molar-refractivity contribution in [2.45, 2.75) is 152 Å². The Morgan fingerprint density at radius 2 is 1.58 bits per heavy atom. The van der Waals surface area contributed by atoms with Crippen molar-refractivity contribution in [1.82, 2.24) is 4.90 Å². The van der Waals surface area contributed by atoms with E-state index in [1.54, 1.807) is 25.7 Å². The first-order chi connectivity index (χ1) is 25.4. The Morgan fingerprint density at radius 1 is 0.927 bits per heavy atom. The van der Waals surface area contributed by atoms with Crippen LogP contribution < -0.4 is 0 Å². The van der Waals surface area contributed by atoms with Crippen LogP contribution in [0.3, 0.4) is 0 Å². The molecule has 0 saturated heterocycles. The number of aliphatic carboxylic acids is 1. The van der Waals surface area contributed by atoms with E-state index >= 15 is 0 Å². The summed E-state index contributed by atoms with van der Waals surface area (Å²) in [5.41, 5.74) is 0.809. The van der Waals surface area contributed by atoms with E-state index in [4.69, 9.17) is 16.3 Å². The van der Waals surface area contributed by atoms with Crippen molar-refractivity contribution in [2.24, 2.45) is 56.2 Å². The number of Topliss-reactive ketones (excluding diaryl/α,β-unsaturated/α-hetero) is 1. The molecule has 0 radical (unpaired) electrons. The number of hydrogen-bond acceptors (Lipinski definition) is 6. The van der Waals surface area contributed by atoms with Gasteiger partial charge in [-0.3, -0.25) is 19.2 Å². The third-order valence-electron chi connectivity index (χ3n) is 16.6. The van der Waals surface area contributed by atoms with Crippen molar-refractivity contribution in [1.29, 1.82) is 0 Å². The van der Waals surface area contributed by atoms with E-state index in [0.717, 1.165) is 56.1 Å². The standard InChI is InChI=1S/C46H66ClNO7/c1-27(2)38-32(50)23-46(35(51)26-48(28(3)49)25-29-11-13-30(47)14-12-29)22-21-44(9)31(39(38)46)15-16-34-43(8)19-18-36(55-37(52)24-41(4,5)40(53)54)42(6,7)33(43)17-20-45(34,44)10/h11-14,27,31,33-36,51H,15-26H2,1-10H3,(H,53,54)/t31-,33+,34-,35+,36+,43?,44-,45-,46+/m1/s1. The molecule has 55 heavy (non-hydrogen) atoms. The molecule has 1 unspecified atom stereocenters. The van der Waals surface area contributed by atoms with Crippen LogP contribution in [-0.4, -0.2) is 57.5 Å². The Bertz CT molecular complexity index is 1750. The van der Waals surface area contributed by atoms with E-state index in [0.29, 0.717) is 36.2 Å². The van der Waals surface area contributed by atoms with Gasteiger partial charge in [-0.25, -0.2) is 0 Å². The van der Waals surface area contributed by atoms with Gasteiger partial charge in [-0.15, -0.1) is 0 Å². The van der Waals surface area contributed by atoms with Gasteiger partial charge in [0.25, 0.3) is 0 Å². The summed E-state index contributed by atoms with van der Waals surface area (Å²) in [5, 5.41) is 22.7. The quantitative estimate of drug-likeness (QED) is 0.227. The number of carbonyl (C=O) groups is 4. The molecule has 2 N–H and O–H groups in total. The minimum Gasteiger partial charge on any atom is -0.481 e. The van der Waals surface area contributed by atoms with Gasteiger partial charge in [-0.2, -0.15) is 0 Å². The second-order valence-corrected chi connectivity index (χ2v) is 21.0. The number of fused-ring (bicyclic) bond motifs is 7. The molecule has 0 aromatic heterocycles. The Labute approximate surface area is 334 Å². The summed E-state index contributed by atoms with van der Waals surface area (Å²) in [7, 11) is 0. The van der Waals surface area contributed by atoms with E-state index < -0.39 is 28.9 Å². The van der Waals surface area contributed by atoms with Crippen molar-refractivity contribution >= 4 is 35.2 Å². The van der Waals surface area contributed by atoms with Crippen LogP contribution in [0.1, 0.15) is 139 Å². The number of amides is 1. The first kappa shape index (κ1) is 41.9. The fraction of sp³-hybridized carbons (Fsp3) is 0.739. The molecule has 1 aromatic rings. The van der Waals surface area contributed by atoms with Crippen molar-refractivity contribution in [3.8, 4) is 0 Å². The molecular weight excluding hydrogens is 714 g/mol. The Hall–Kier alpha value is -2.71. The molecule has 0 heterocycles. The fourth-order valence-electron chi connectivity index (χ4n) is 13.4. The van der Waals surface area contributed by atoms with Crippen LogP contribution in [0.4, 0.5) is 0 Å². The maximum atomic E-state index is 14.2. The average Bonchev–Trinajstić information content (AvgIpc) is 3.40. The molecule has 5 aliphatic rings. The minimum absolute atomic E-state index is 0.00981. The number of aliphatic hydroxyl groups is 1. The Balaban J connectivity index is 1.29. The van der Waals surface area contributed by atoms with Gasteiger partial charge in [-0.1, -0.05) is 77.8 Å². The Kier molecular flexibility index (Phi) is 10.9. The summed E-state index contributed by atoms with van der Waals surface area (Å²) in [4.78, 5) is 53.8.